The van der Waals surface area contributed by atoms with Crippen LogP contribution in [0.25, 0.3) is 0 Å². The number of fused-ring (bicyclic) bond motifs is 1. The summed E-state index contributed by atoms with van der Waals surface area (Å²) < 4.78 is 0. The molecule has 3 unspecified atom stereocenters. The van der Waals surface area contributed by atoms with E-state index in [0.29, 0.717) is 0 Å². The first-order chi connectivity index (χ1) is 4.43. The lowest BCUT2D eigenvalue weighted by Gasteiger charge is -1.97. The van der Waals surface area contributed by atoms with Gasteiger partial charge in [0, 0.05) is 0 Å². The Labute approximate surface area is 57.0 Å². The molecule has 0 nitrogen and oxygen atoms in total. The van der Waals surface area contributed by atoms with Gasteiger partial charge in [-0.1, -0.05) is 25.5 Å². The van der Waals surface area contributed by atoms with E-state index in [1.807, 2.05) is 0 Å². The van der Waals surface area contributed by atoms with Gasteiger partial charge >= 0.3 is 0 Å². The molecular formula is C9H14. The molecule has 0 bridgehead atoms. The van der Waals surface area contributed by atoms with Gasteiger partial charge in [-0.25, -0.2) is 0 Å². The van der Waals surface area contributed by atoms with Gasteiger partial charge in [-0.15, -0.1) is 0 Å². The van der Waals surface area contributed by atoms with Crippen LogP contribution >= 0.6 is 0 Å². The van der Waals surface area contributed by atoms with Crippen molar-refractivity contribution in [2.24, 2.45) is 17.8 Å². The second kappa shape index (κ2) is 1.86. The molecule has 1 fully saturated rings. The Morgan fingerprint density at radius 1 is 1.56 bits per heavy atom. The fourth-order valence-corrected chi connectivity index (χ4v) is 2.28. The molecule has 0 radical (unpaired) electrons. The Kier molecular flexibility index (Phi) is 1.14. The SMILES string of the molecule is CCC1C2C=CCCC21. The predicted octanol–water partition coefficient (Wildman–Crippen LogP) is 2.61. The molecule has 3 atom stereocenters. The topological polar surface area (TPSA) is 0 Å². The van der Waals surface area contributed by atoms with E-state index in [4.69, 9.17) is 0 Å². The number of rotatable bonds is 1. The zero-order chi connectivity index (χ0) is 6.27. The summed E-state index contributed by atoms with van der Waals surface area (Å²) in [6, 6.07) is 0. The van der Waals surface area contributed by atoms with Gasteiger partial charge in [0.1, 0.15) is 0 Å². The third kappa shape index (κ3) is 0.726. The maximum absolute atomic E-state index is 2.43. The summed E-state index contributed by atoms with van der Waals surface area (Å²) in [5, 5.41) is 0. The monoisotopic (exact) mass is 122 g/mol. The lowest BCUT2D eigenvalue weighted by Crippen LogP contribution is -1.83. The van der Waals surface area contributed by atoms with Crippen LogP contribution in [0.4, 0.5) is 0 Å². The van der Waals surface area contributed by atoms with Crippen LogP contribution in [-0.4, -0.2) is 0 Å². The van der Waals surface area contributed by atoms with E-state index in [9.17, 15) is 0 Å². The first-order valence-electron chi connectivity index (χ1n) is 4.10. The molecule has 0 aromatic carbocycles. The molecule has 9 heavy (non-hydrogen) atoms. The fraction of sp³-hybridized carbons (Fsp3) is 0.778. The summed E-state index contributed by atoms with van der Waals surface area (Å²) in [5.41, 5.74) is 0. The van der Waals surface area contributed by atoms with E-state index in [1.165, 1.54) is 19.3 Å². The predicted molar refractivity (Wildman–Crippen MR) is 39.1 cm³/mol. The summed E-state index contributed by atoms with van der Waals surface area (Å²) in [4.78, 5) is 0. The molecule has 0 heterocycles. The summed E-state index contributed by atoms with van der Waals surface area (Å²) in [7, 11) is 0. The Bertz CT molecular complexity index is 131. The molecule has 0 aromatic rings. The first-order valence-corrected chi connectivity index (χ1v) is 4.10. The van der Waals surface area contributed by atoms with Crippen LogP contribution < -0.4 is 0 Å². The van der Waals surface area contributed by atoms with Crippen molar-refractivity contribution in [3.8, 4) is 0 Å². The third-order valence-corrected chi connectivity index (χ3v) is 2.89. The highest BCUT2D eigenvalue weighted by atomic mass is 14.5. The first kappa shape index (κ1) is 5.52. The molecule has 2 rings (SSSR count). The van der Waals surface area contributed by atoms with Gasteiger partial charge in [-0.3, -0.25) is 0 Å². The smallest absolute Gasteiger partial charge is 0.0171 e. The summed E-state index contributed by atoms with van der Waals surface area (Å²) in [6.45, 7) is 2.32. The minimum Gasteiger partial charge on any atom is -0.0882 e. The maximum atomic E-state index is 2.43. The van der Waals surface area contributed by atoms with Crippen LogP contribution in [0, 0.1) is 17.8 Å². The van der Waals surface area contributed by atoms with Gasteiger partial charge in [-0.2, -0.15) is 0 Å². The van der Waals surface area contributed by atoms with Crippen LogP contribution in [0.1, 0.15) is 26.2 Å². The minimum absolute atomic E-state index is 1.00. The van der Waals surface area contributed by atoms with Crippen molar-refractivity contribution in [3.63, 3.8) is 0 Å². The van der Waals surface area contributed by atoms with E-state index >= 15 is 0 Å². The van der Waals surface area contributed by atoms with Crippen LogP contribution in [-0.2, 0) is 0 Å². The van der Waals surface area contributed by atoms with E-state index < -0.39 is 0 Å². The van der Waals surface area contributed by atoms with Crippen molar-refractivity contribution >= 4 is 0 Å². The zero-order valence-electron chi connectivity index (χ0n) is 6.01. The molecule has 0 aliphatic heterocycles. The van der Waals surface area contributed by atoms with E-state index in [1.54, 1.807) is 0 Å². The van der Waals surface area contributed by atoms with Crippen LogP contribution in [0.2, 0.25) is 0 Å². The highest BCUT2D eigenvalue weighted by Gasteiger charge is 2.46. The zero-order valence-corrected chi connectivity index (χ0v) is 6.01. The highest BCUT2D eigenvalue weighted by molar-refractivity contribution is 5.11. The third-order valence-electron chi connectivity index (χ3n) is 2.89. The van der Waals surface area contributed by atoms with Crippen molar-refractivity contribution in [1.82, 2.24) is 0 Å². The molecular weight excluding hydrogens is 108 g/mol. The Balaban J connectivity index is 2.02. The van der Waals surface area contributed by atoms with Gasteiger partial charge in [-0.05, 0) is 30.6 Å². The lowest BCUT2D eigenvalue weighted by atomic mass is 10.1. The summed E-state index contributed by atoms with van der Waals surface area (Å²) in [5.74, 6) is 3.17. The molecule has 0 aromatic heterocycles. The average Bonchev–Trinajstić information content (AvgIpc) is 2.60. The van der Waals surface area contributed by atoms with Gasteiger partial charge in [0.05, 0.1) is 0 Å². The average molecular weight is 122 g/mol. The number of hydrogen-bond acceptors (Lipinski definition) is 0. The number of allylic oxidation sites excluding steroid dienone is 2. The second-order valence-electron chi connectivity index (χ2n) is 3.32. The van der Waals surface area contributed by atoms with Gasteiger partial charge in [0.25, 0.3) is 0 Å². The van der Waals surface area contributed by atoms with Crippen LogP contribution in [0.15, 0.2) is 12.2 Å². The molecule has 0 spiro atoms. The van der Waals surface area contributed by atoms with E-state index in [-0.39, 0.29) is 0 Å². The summed E-state index contributed by atoms with van der Waals surface area (Å²) >= 11 is 0. The van der Waals surface area contributed by atoms with Crippen molar-refractivity contribution in [1.29, 1.82) is 0 Å². The number of hydrogen-bond donors (Lipinski definition) is 0. The minimum atomic E-state index is 1.00. The van der Waals surface area contributed by atoms with Gasteiger partial charge < -0.3 is 0 Å². The molecule has 0 heteroatoms. The van der Waals surface area contributed by atoms with E-state index in [2.05, 4.69) is 19.1 Å². The van der Waals surface area contributed by atoms with Crippen molar-refractivity contribution in [3.05, 3.63) is 12.2 Å². The highest BCUT2D eigenvalue weighted by Crippen LogP contribution is 2.54. The Hall–Kier alpha value is -0.260. The van der Waals surface area contributed by atoms with Crippen molar-refractivity contribution < 1.29 is 0 Å². The molecule has 50 valence electrons. The molecule has 0 amide bonds. The second-order valence-corrected chi connectivity index (χ2v) is 3.32. The Morgan fingerprint density at radius 2 is 2.44 bits per heavy atom. The fourth-order valence-electron chi connectivity index (χ4n) is 2.28. The van der Waals surface area contributed by atoms with Crippen molar-refractivity contribution in [2.45, 2.75) is 26.2 Å². The van der Waals surface area contributed by atoms with Crippen LogP contribution in [0.3, 0.4) is 0 Å². The van der Waals surface area contributed by atoms with E-state index in [0.717, 1.165) is 17.8 Å². The standard InChI is InChI=1S/C9H14/c1-2-7-8-5-3-4-6-9(7)8/h3,5,7-9H,2,4,6H2,1H3. The molecule has 1 saturated carbocycles. The lowest BCUT2D eigenvalue weighted by molar-refractivity contribution is 0.633. The molecule has 2 aliphatic rings. The molecule has 2 aliphatic carbocycles. The van der Waals surface area contributed by atoms with Crippen molar-refractivity contribution in [2.75, 3.05) is 0 Å². The normalized spacial score (nSPS) is 46.6. The molecule has 0 N–H and O–H groups in total. The largest absolute Gasteiger partial charge is 0.0882 e. The van der Waals surface area contributed by atoms with Gasteiger partial charge in [0.15, 0.2) is 0 Å². The van der Waals surface area contributed by atoms with Gasteiger partial charge in [0.2, 0.25) is 0 Å². The Morgan fingerprint density at radius 3 is 3.00 bits per heavy atom. The summed E-state index contributed by atoms with van der Waals surface area (Å²) in [6.07, 6.45) is 9.01. The maximum Gasteiger partial charge on any atom is -0.0171 e. The molecule has 0 saturated heterocycles. The van der Waals surface area contributed by atoms with Crippen LogP contribution in [0.5, 0.6) is 0 Å². The quantitative estimate of drug-likeness (QED) is 0.469.